The van der Waals surface area contributed by atoms with Crippen molar-refractivity contribution in [2.45, 2.75) is 101 Å². The van der Waals surface area contributed by atoms with Crippen LogP contribution in [0.15, 0.2) is 24.3 Å². The van der Waals surface area contributed by atoms with Gasteiger partial charge < -0.3 is 23.8 Å². The standard InChI is InChI=1S/C43H45F4N5O5/c1-6-27-30(45)11-8-23-16-26(56-22-54-5)17-29(33(23)27)34-36(46)28-10-13-31-32-12-9-25(52(32)41(53)57-42(2,3)4)20-51(31)39-35(28)38(37(34)47)48-40(49-39)55-21-43-14-7-15-50(43)19-24(44)18-43/h1,8,11,16-17,24-25,31-32H,7,9-10,12-15,18-22H2,2-5H3/t24-,25-,31-,32+,43+/m1/s1. The van der Waals surface area contributed by atoms with Crippen LogP contribution in [0.4, 0.5) is 28.2 Å². The van der Waals surface area contributed by atoms with Crippen LogP contribution in [0.1, 0.15) is 70.4 Å². The SMILES string of the molecule is C#Cc1c(F)ccc2cc(OCOC)cc(-c3c(F)c4c5c(nc(OC[C@@]67CCCN6C[C@H](F)C7)nc5c3F)N3C[C@H]5CC[C@@H]([C@H]3CC4)N5C(=O)OC(C)(C)C)c12. The maximum atomic E-state index is 17.7. The average molecular weight is 788 g/mol. The van der Waals surface area contributed by atoms with Crippen molar-refractivity contribution in [1.82, 2.24) is 19.8 Å². The minimum atomic E-state index is -1.00. The highest BCUT2D eigenvalue weighted by atomic mass is 19.1. The Bertz CT molecular complexity index is 2350. The lowest BCUT2D eigenvalue weighted by molar-refractivity contribution is 0.00719. The summed E-state index contributed by atoms with van der Waals surface area (Å²) in [6, 6.07) is 4.78. The molecule has 1 aromatic heterocycles. The molecule has 4 aromatic rings. The number of nitrogens with zero attached hydrogens (tertiary/aromatic N) is 5. The number of methoxy groups -OCH3 is 1. The van der Waals surface area contributed by atoms with Crippen molar-refractivity contribution in [1.29, 1.82) is 0 Å². The Labute approximate surface area is 328 Å². The molecule has 0 unspecified atom stereocenters. The summed E-state index contributed by atoms with van der Waals surface area (Å²) in [6.45, 7) is 6.85. The molecule has 14 heteroatoms. The molecule has 0 spiro atoms. The van der Waals surface area contributed by atoms with Gasteiger partial charge in [-0.3, -0.25) is 9.80 Å². The second-order valence-corrected chi connectivity index (χ2v) is 17.0. The summed E-state index contributed by atoms with van der Waals surface area (Å²) >= 11 is 0. The van der Waals surface area contributed by atoms with E-state index in [-0.39, 0.29) is 82.7 Å². The molecule has 10 nitrogen and oxygen atoms in total. The second-order valence-electron chi connectivity index (χ2n) is 17.0. The number of terminal acetylenes is 1. The Hall–Kier alpha value is -4.87. The van der Waals surface area contributed by atoms with Crippen LogP contribution in [-0.2, 0) is 15.9 Å². The predicted molar refractivity (Wildman–Crippen MR) is 206 cm³/mol. The fourth-order valence-electron chi connectivity index (χ4n) is 10.2. The topological polar surface area (TPSA) is 89.5 Å². The minimum Gasteiger partial charge on any atom is -0.468 e. The van der Waals surface area contributed by atoms with Crippen molar-refractivity contribution in [2.75, 3.05) is 45.0 Å². The molecule has 5 aliphatic rings. The molecule has 4 saturated heterocycles. The number of piperazine rings is 1. The number of halogens is 4. The number of rotatable bonds is 7. The number of hydrogen-bond donors (Lipinski definition) is 0. The van der Waals surface area contributed by atoms with Crippen LogP contribution in [0.25, 0.3) is 32.8 Å². The summed E-state index contributed by atoms with van der Waals surface area (Å²) < 4.78 is 88.5. The number of aryl methyl sites for hydroxylation is 1. The first-order chi connectivity index (χ1) is 27.3. The number of carbonyl (C=O) groups is 1. The Balaban J connectivity index is 1.24. The van der Waals surface area contributed by atoms with Gasteiger partial charge in [0, 0.05) is 43.1 Å². The number of alkyl halides is 1. The molecule has 0 saturated carbocycles. The minimum absolute atomic E-state index is 0.0145. The monoisotopic (exact) mass is 787 g/mol. The van der Waals surface area contributed by atoms with E-state index in [0.29, 0.717) is 43.6 Å². The van der Waals surface area contributed by atoms with Gasteiger partial charge >= 0.3 is 12.1 Å². The van der Waals surface area contributed by atoms with Crippen LogP contribution in [0.2, 0.25) is 0 Å². The summed E-state index contributed by atoms with van der Waals surface area (Å²) in [5, 5.41) is 0.748. The molecule has 9 rings (SSSR count). The number of carbonyl (C=O) groups excluding carboxylic acids is 1. The van der Waals surface area contributed by atoms with E-state index in [2.05, 4.69) is 20.7 Å². The first kappa shape index (κ1) is 37.7. The van der Waals surface area contributed by atoms with E-state index in [9.17, 15) is 9.18 Å². The lowest BCUT2D eigenvalue weighted by Crippen LogP contribution is -2.62. The van der Waals surface area contributed by atoms with Crippen LogP contribution >= 0.6 is 0 Å². The number of fused-ring (bicyclic) bond motifs is 7. The van der Waals surface area contributed by atoms with Crippen LogP contribution < -0.4 is 14.4 Å². The van der Waals surface area contributed by atoms with Crippen molar-refractivity contribution in [3.63, 3.8) is 0 Å². The zero-order valence-electron chi connectivity index (χ0n) is 32.5. The van der Waals surface area contributed by atoms with Crippen LogP contribution in [0.3, 0.4) is 0 Å². The molecule has 300 valence electrons. The van der Waals surface area contributed by atoms with Crippen molar-refractivity contribution < 1.29 is 41.3 Å². The third-order valence-electron chi connectivity index (χ3n) is 12.5. The second kappa shape index (κ2) is 13.9. The lowest BCUT2D eigenvalue weighted by Gasteiger charge is -2.47. The fraction of sp³-hybridized carbons (Fsp3) is 0.512. The van der Waals surface area contributed by atoms with E-state index >= 15 is 13.2 Å². The highest BCUT2D eigenvalue weighted by Gasteiger charge is 2.52. The van der Waals surface area contributed by atoms with E-state index in [4.69, 9.17) is 30.4 Å². The maximum Gasteiger partial charge on any atom is 0.410 e. The summed E-state index contributed by atoms with van der Waals surface area (Å²) in [6.07, 6.45) is 8.36. The molecule has 1 amide bonds. The molecular formula is C43H45F4N5O5. The largest absolute Gasteiger partial charge is 0.468 e. The van der Waals surface area contributed by atoms with Gasteiger partial charge in [-0.25, -0.2) is 22.4 Å². The number of amides is 1. The number of benzene rings is 3. The van der Waals surface area contributed by atoms with Crippen molar-refractivity contribution in [3.8, 4) is 35.2 Å². The predicted octanol–water partition coefficient (Wildman–Crippen LogP) is 7.69. The van der Waals surface area contributed by atoms with Crippen molar-refractivity contribution in [2.24, 2.45) is 0 Å². The molecule has 2 bridgehead atoms. The normalized spacial score (nSPS) is 25.4. The van der Waals surface area contributed by atoms with Gasteiger partial charge in [-0.05, 0) is 89.4 Å². The first-order valence-corrected chi connectivity index (χ1v) is 19.7. The molecule has 57 heavy (non-hydrogen) atoms. The zero-order chi connectivity index (χ0) is 40.0. The highest BCUT2D eigenvalue weighted by Crippen LogP contribution is 2.49. The lowest BCUT2D eigenvalue weighted by atomic mass is 9.90. The molecule has 0 N–H and O–H groups in total. The quantitative estimate of drug-likeness (QED) is 0.106. The van der Waals surface area contributed by atoms with Crippen molar-refractivity contribution in [3.05, 3.63) is 52.8 Å². The molecular weight excluding hydrogens is 742 g/mol. The van der Waals surface area contributed by atoms with Gasteiger partial charge in [0.25, 0.3) is 0 Å². The van der Waals surface area contributed by atoms with E-state index in [1.165, 1.54) is 25.3 Å². The van der Waals surface area contributed by atoms with Crippen LogP contribution in [0.5, 0.6) is 11.8 Å². The maximum absolute atomic E-state index is 17.7. The molecule has 5 atom stereocenters. The Morgan fingerprint density at radius 1 is 1.04 bits per heavy atom. The van der Waals surface area contributed by atoms with Gasteiger partial charge in [0.05, 0.1) is 40.2 Å². The third kappa shape index (κ3) is 6.20. The zero-order valence-corrected chi connectivity index (χ0v) is 32.5. The molecule has 3 aromatic carbocycles. The van der Waals surface area contributed by atoms with Crippen LogP contribution in [-0.4, -0.2) is 101 Å². The Morgan fingerprint density at radius 3 is 2.63 bits per heavy atom. The van der Waals surface area contributed by atoms with E-state index in [0.717, 1.165) is 25.8 Å². The third-order valence-corrected chi connectivity index (χ3v) is 12.5. The Kier molecular flexibility index (Phi) is 9.19. The number of aromatic nitrogens is 2. The van der Waals surface area contributed by atoms with E-state index in [1.807, 2.05) is 25.7 Å². The number of hydrogen-bond acceptors (Lipinski definition) is 9. The summed E-state index contributed by atoms with van der Waals surface area (Å²) in [4.78, 5) is 29.2. The van der Waals surface area contributed by atoms with Crippen molar-refractivity contribution >= 4 is 33.6 Å². The van der Waals surface area contributed by atoms with Crippen LogP contribution in [0, 0.1) is 29.8 Å². The Morgan fingerprint density at radius 2 is 1.86 bits per heavy atom. The summed E-state index contributed by atoms with van der Waals surface area (Å²) in [7, 11) is 1.44. The first-order valence-electron chi connectivity index (χ1n) is 19.7. The molecule has 4 fully saturated rings. The van der Waals surface area contributed by atoms with Gasteiger partial charge in [0.2, 0.25) is 0 Å². The van der Waals surface area contributed by atoms with E-state index < -0.39 is 46.4 Å². The highest BCUT2D eigenvalue weighted by molar-refractivity contribution is 6.05. The molecule has 0 aliphatic carbocycles. The smallest absolute Gasteiger partial charge is 0.410 e. The van der Waals surface area contributed by atoms with Gasteiger partial charge in [-0.15, -0.1) is 6.42 Å². The molecule has 5 aliphatic heterocycles. The number of anilines is 1. The van der Waals surface area contributed by atoms with Gasteiger partial charge in [-0.2, -0.15) is 9.97 Å². The molecule has 6 heterocycles. The van der Waals surface area contributed by atoms with Gasteiger partial charge in [0.1, 0.15) is 47.1 Å². The number of ether oxygens (including phenoxy) is 4. The molecule has 0 radical (unpaired) electrons. The van der Waals surface area contributed by atoms with Gasteiger partial charge in [-0.1, -0.05) is 12.0 Å². The van der Waals surface area contributed by atoms with Gasteiger partial charge in [0.15, 0.2) is 12.6 Å². The summed E-state index contributed by atoms with van der Waals surface area (Å²) in [5.74, 6) is 0.341. The van der Waals surface area contributed by atoms with E-state index in [1.54, 1.807) is 6.07 Å². The summed E-state index contributed by atoms with van der Waals surface area (Å²) in [5.41, 5.74) is -1.85. The average Bonchev–Trinajstić information content (AvgIpc) is 3.77. The fourth-order valence-corrected chi connectivity index (χ4v) is 10.2.